The zero-order valence-electron chi connectivity index (χ0n) is 18.3. The van der Waals surface area contributed by atoms with Crippen molar-refractivity contribution in [2.75, 3.05) is 24.6 Å². The van der Waals surface area contributed by atoms with Gasteiger partial charge in [0.1, 0.15) is 6.54 Å². The summed E-state index contributed by atoms with van der Waals surface area (Å²) < 4.78 is 24.0. The summed E-state index contributed by atoms with van der Waals surface area (Å²) in [5.41, 5.74) is 1.19. The molecule has 32 heavy (non-hydrogen) atoms. The molecule has 0 aromatic heterocycles. The highest BCUT2D eigenvalue weighted by atomic mass is 32.2. The molecule has 1 unspecified atom stereocenters. The molecule has 4 aliphatic rings. The topological polar surface area (TPSA) is 112 Å². The summed E-state index contributed by atoms with van der Waals surface area (Å²) in [7, 11) is -3.20. The zero-order valence-corrected chi connectivity index (χ0v) is 19.1. The number of rotatable bonds is 7. The van der Waals surface area contributed by atoms with Crippen molar-refractivity contribution >= 4 is 33.6 Å². The van der Waals surface area contributed by atoms with Gasteiger partial charge < -0.3 is 4.90 Å². The molecule has 0 N–H and O–H groups in total. The van der Waals surface area contributed by atoms with Gasteiger partial charge in [0.15, 0.2) is 9.84 Å². The van der Waals surface area contributed by atoms with Crippen molar-refractivity contribution in [1.82, 2.24) is 14.7 Å². The number of amides is 5. The van der Waals surface area contributed by atoms with E-state index in [4.69, 9.17) is 0 Å². The van der Waals surface area contributed by atoms with Crippen LogP contribution in [0.15, 0.2) is 11.6 Å². The Morgan fingerprint density at radius 2 is 1.69 bits per heavy atom. The fraction of sp³-hybridized carbons (Fsp3) is 0.727. The molecular formula is C22H31N3O6S. The minimum Gasteiger partial charge on any atom is -0.334 e. The Hall–Kier alpha value is -2.23. The first-order chi connectivity index (χ1) is 15.3. The van der Waals surface area contributed by atoms with Crippen LogP contribution in [0.5, 0.6) is 0 Å². The van der Waals surface area contributed by atoms with Gasteiger partial charge in [-0.25, -0.2) is 18.1 Å². The third-order valence-electron chi connectivity index (χ3n) is 7.08. The lowest BCUT2D eigenvalue weighted by atomic mass is 9.97. The van der Waals surface area contributed by atoms with Gasteiger partial charge >= 0.3 is 17.8 Å². The van der Waals surface area contributed by atoms with Gasteiger partial charge in [-0.3, -0.25) is 19.3 Å². The first kappa shape index (κ1) is 22.9. The molecule has 1 atom stereocenters. The summed E-state index contributed by atoms with van der Waals surface area (Å²) in [4.78, 5) is 54.3. The molecule has 2 heterocycles. The van der Waals surface area contributed by atoms with E-state index < -0.39 is 46.2 Å². The molecular weight excluding hydrogens is 434 g/mol. The van der Waals surface area contributed by atoms with Gasteiger partial charge in [-0.2, -0.15) is 0 Å². The summed E-state index contributed by atoms with van der Waals surface area (Å²) in [5.74, 6) is -2.37. The molecule has 0 aromatic rings. The van der Waals surface area contributed by atoms with Crippen LogP contribution < -0.4 is 0 Å². The Bertz CT molecular complexity index is 937. The second kappa shape index (κ2) is 9.33. The first-order valence-electron chi connectivity index (χ1n) is 11.6. The lowest BCUT2D eigenvalue weighted by Crippen LogP contribution is -2.51. The van der Waals surface area contributed by atoms with Crippen LogP contribution in [0.1, 0.15) is 64.2 Å². The molecule has 2 aliphatic heterocycles. The number of nitrogens with zero attached hydrogens (tertiary/aromatic N) is 3. The number of sulfone groups is 1. The minimum absolute atomic E-state index is 0.0395. The maximum absolute atomic E-state index is 13.2. The normalized spacial score (nSPS) is 26.2. The van der Waals surface area contributed by atoms with Gasteiger partial charge in [-0.05, 0) is 51.4 Å². The third kappa shape index (κ3) is 4.74. The SMILES string of the molecule is O=C1C(=O)N(CC(=O)N(C2CCCC2)C2CCS(=O)(=O)C2)C(=O)N1CCC1=CCCCC1. The van der Waals surface area contributed by atoms with Crippen LogP contribution in [-0.4, -0.2) is 83.5 Å². The zero-order chi connectivity index (χ0) is 22.9. The van der Waals surface area contributed by atoms with Crippen molar-refractivity contribution in [1.29, 1.82) is 0 Å². The second-order valence-corrected chi connectivity index (χ2v) is 11.5. The number of hydrogen-bond donors (Lipinski definition) is 0. The van der Waals surface area contributed by atoms with Gasteiger partial charge in [0.25, 0.3) is 0 Å². The molecule has 10 heteroatoms. The van der Waals surface area contributed by atoms with Crippen LogP contribution in [0.2, 0.25) is 0 Å². The Balaban J connectivity index is 1.44. The van der Waals surface area contributed by atoms with E-state index in [9.17, 15) is 27.6 Å². The number of urea groups is 1. The number of imide groups is 2. The Kier molecular flexibility index (Phi) is 6.69. The van der Waals surface area contributed by atoms with Crippen LogP contribution >= 0.6 is 0 Å². The summed E-state index contributed by atoms with van der Waals surface area (Å²) in [6, 6.07) is -1.28. The fourth-order valence-corrected chi connectivity index (χ4v) is 7.08. The largest absolute Gasteiger partial charge is 0.334 e. The van der Waals surface area contributed by atoms with Crippen LogP contribution in [0.4, 0.5) is 4.79 Å². The molecule has 2 saturated heterocycles. The first-order valence-corrected chi connectivity index (χ1v) is 13.5. The predicted molar refractivity (Wildman–Crippen MR) is 116 cm³/mol. The van der Waals surface area contributed by atoms with E-state index in [1.54, 1.807) is 4.90 Å². The van der Waals surface area contributed by atoms with Crippen LogP contribution in [0, 0.1) is 0 Å². The average Bonchev–Trinajstić information content (AvgIpc) is 3.46. The Morgan fingerprint density at radius 3 is 2.31 bits per heavy atom. The van der Waals surface area contributed by atoms with Crippen LogP contribution in [0.3, 0.4) is 0 Å². The molecule has 176 valence electrons. The third-order valence-corrected chi connectivity index (χ3v) is 8.83. The molecule has 0 radical (unpaired) electrons. The average molecular weight is 466 g/mol. The maximum Gasteiger partial charge on any atom is 0.334 e. The monoisotopic (exact) mass is 465 g/mol. The number of carbonyl (C=O) groups excluding carboxylic acids is 4. The Labute approximate surface area is 188 Å². The van der Waals surface area contributed by atoms with E-state index >= 15 is 0 Å². The van der Waals surface area contributed by atoms with Crippen molar-refractivity contribution in [2.45, 2.75) is 76.3 Å². The Morgan fingerprint density at radius 1 is 0.969 bits per heavy atom. The molecule has 0 spiro atoms. The highest BCUT2D eigenvalue weighted by molar-refractivity contribution is 7.91. The summed E-state index contributed by atoms with van der Waals surface area (Å²) >= 11 is 0. The smallest absolute Gasteiger partial charge is 0.334 e. The number of hydrogen-bond acceptors (Lipinski definition) is 6. The summed E-state index contributed by atoms with van der Waals surface area (Å²) in [6.07, 6.45) is 10.7. The molecule has 5 amide bonds. The van der Waals surface area contributed by atoms with Crippen molar-refractivity contribution in [3.63, 3.8) is 0 Å². The van der Waals surface area contributed by atoms with E-state index in [0.717, 1.165) is 61.2 Å². The van der Waals surface area contributed by atoms with Gasteiger partial charge in [0.05, 0.1) is 11.5 Å². The van der Waals surface area contributed by atoms with Gasteiger partial charge in [0, 0.05) is 18.6 Å². The predicted octanol–water partition coefficient (Wildman–Crippen LogP) is 1.63. The highest BCUT2D eigenvalue weighted by Gasteiger charge is 2.47. The molecule has 0 aromatic carbocycles. The van der Waals surface area contributed by atoms with Gasteiger partial charge in [-0.15, -0.1) is 0 Å². The molecule has 9 nitrogen and oxygen atoms in total. The number of allylic oxidation sites excluding steroid dienone is 1. The quantitative estimate of drug-likeness (QED) is 0.321. The number of carbonyl (C=O) groups is 4. The molecule has 2 aliphatic carbocycles. The van der Waals surface area contributed by atoms with Crippen molar-refractivity contribution in [3.05, 3.63) is 11.6 Å². The van der Waals surface area contributed by atoms with Crippen molar-refractivity contribution in [2.24, 2.45) is 0 Å². The highest BCUT2D eigenvalue weighted by Crippen LogP contribution is 2.30. The van der Waals surface area contributed by atoms with Gasteiger partial charge in [-0.1, -0.05) is 24.5 Å². The standard InChI is InChI=1S/C22H31N3O6S/c26-19(25(17-8-4-5-9-17)18-11-13-32(30,31)15-18)14-24-21(28)20(27)23(22(24)29)12-10-16-6-2-1-3-7-16/h6,17-18H,1-5,7-15H2. The lowest BCUT2D eigenvalue weighted by molar-refractivity contribution is -0.145. The van der Waals surface area contributed by atoms with Crippen molar-refractivity contribution < 1.29 is 27.6 Å². The minimum atomic E-state index is -3.20. The maximum atomic E-state index is 13.2. The second-order valence-electron chi connectivity index (χ2n) is 9.28. The van der Waals surface area contributed by atoms with Crippen LogP contribution in [-0.2, 0) is 24.2 Å². The summed E-state index contributed by atoms with van der Waals surface area (Å²) in [6.45, 7) is -0.386. The lowest BCUT2D eigenvalue weighted by Gasteiger charge is -2.34. The fourth-order valence-electron chi connectivity index (χ4n) is 5.37. The molecule has 0 bridgehead atoms. The van der Waals surface area contributed by atoms with E-state index in [1.807, 2.05) is 0 Å². The molecule has 1 saturated carbocycles. The van der Waals surface area contributed by atoms with E-state index in [-0.39, 0.29) is 24.1 Å². The molecule has 4 rings (SSSR count). The van der Waals surface area contributed by atoms with E-state index in [0.29, 0.717) is 12.8 Å². The summed E-state index contributed by atoms with van der Waals surface area (Å²) in [5, 5.41) is 0. The van der Waals surface area contributed by atoms with E-state index in [1.165, 1.54) is 5.57 Å². The van der Waals surface area contributed by atoms with Crippen LogP contribution in [0.25, 0.3) is 0 Å². The van der Waals surface area contributed by atoms with E-state index in [2.05, 4.69) is 6.08 Å². The van der Waals surface area contributed by atoms with Gasteiger partial charge in [0.2, 0.25) is 5.91 Å². The van der Waals surface area contributed by atoms with Crippen molar-refractivity contribution in [3.8, 4) is 0 Å². The molecule has 3 fully saturated rings.